The third-order valence-electron chi connectivity index (χ3n) is 2.02. The first-order valence-corrected chi connectivity index (χ1v) is 6.49. The number of hydrogen-bond acceptors (Lipinski definition) is 7. The molecule has 0 fully saturated rings. The second-order valence-electron chi connectivity index (χ2n) is 3.55. The number of aromatic nitrogens is 3. The van der Waals surface area contributed by atoms with Crippen molar-refractivity contribution in [2.45, 2.75) is 13.3 Å². The van der Waals surface area contributed by atoms with E-state index in [-0.39, 0.29) is 11.3 Å². The van der Waals surface area contributed by atoms with Crippen molar-refractivity contribution in [3.8, 4) is 6.01 Å². The van der Waals surface area contributed by atoms with Crippen molar-refractivity contribution in [3.63, 3.8) is 0 Å². The van der Waals surface area contributed by atoms with Crippen LogP contribution in [0.25, 0.3) is 0 Å². The Morgan fingerprint density at radius 2 is 1.95 bits per heavy atom. The zero-order valence-electron chi connectivity index (χ0n) is 11.2. The molecule has 108 valence electrons. The molecular weight excluding hydrogens is 272 g/mol. The molecule has 0 aliphatic carbocycles. The summed E-state index contributed by atoms with van der Waals surface area (Å²) in [7, 11) is 1.66. The van der Waals surface area contributed by atoms with E-state index in [0.717, 1.165) is 6.42 Å². The van der Waals surface area contributed by atoms with E-state index in [2.05, 4.69) is 20.3 Å². The van der Waals surface area contributed by atoms with Crippen LogP contribution in [0, 0.1) is 0 Å². The Bertz CT molecular complexity index is 368. The molecule has 1 heterocycles. The largest absolute Gasteiger partial charge is 0.461 e. The third-order valence-corrected chi connectivity index (χ3v) is 2.19. The number of methoxy groups -OCH3 is 1. The van der Waals surface area contributed by atoms with Gasteiger partial charge in [0.25, 0.3) is 0 Å². The quantitative estimate of drug-likeness (QED) is 0.652. The van der Waals surface area contributed by atoms with Gasteiger partial charge in [0.2, 0.25) is 11.2 Å². The highest BCUT2D eigenvalue weighted by Gasteiger charge is 2.05. The van der Waals surface area contributed by atoms with E-state index in [9.17, 15) is 0 Å². The third kappa shape index (κ3) is 7.09. The van der Waals surface area contributed by atoms with Crippen LogP contribution >= 0.6 is 11.6 Å². The average Bonchev–Trinajstić information content (AvgIpc) is 2.37. The lowest BCUT2D eigenvalue weighted by molar-refractivity contribution is 0.0783. The van der Waals surface area contributed by atoms with Crippen molar-refractivity contribution in [1.82, 2.24) is 15.0 Å². The molecule has 7 nitrogen and oxygen atoms in total. The van der Waals surface area contributed by atoms with Gasteiger partial charge in [-0.3, -0.25) is 0 Å². The Kier molecular flexibility index (Phi) is 8.11. The van der Waals surface area contributed by atoms with Crippen LogP contribution in [-0.4, -0.2) is 55.0 Å². The fourth-order valence-electron chi connectivity index (χ4n) is 1.23. The standard InChI is InChI=1S/C11H19ClN4O3/c1-3-13-10-14-9(12)15-11(16-10)19-8-7-18-6-4-5-17-2/h3-8H2,1-2H3,(H,13,14,15,16). The van der Waals surface area contributed by atoms with Gasteiger partial charge in [0, 0.05) is 26.9 Å². The van der Waals surface area contributed by atoms with E-state index >= 15 is 0 Å². The van der Waals surface area contributed by atoms with Gasteiger partial charge in [-0.15, -0.1) is 0 Å². The summed E-state index contributed by atoms with van der Waals surface area (Å²) >= 11 is 5.76. The highest BCUT2D eigenvalue weighted by molar-refractivity contribution is 6.28. The second kappa shape index (κ2) is 9.71. The molecular formula is C11H19ClN4O3. The number of nitrogens with one attached hydrogen (secondary N) is 1. The summed E-state index contributed by atoms with van der Waals surface area (Å²) in [5, 5.41) is 3.04. The minimum absolute atomic E-state index is 0.0990. The molecule has 1 aromatic rings. The number of anilines is 1. The van der Waals surface area contributed by atoms with E-state index in [1.54, 1.807) is 7.11 Å². The molecule has 1 aromatic heterocycles. The summed E-state index contributed by atoms with van der Waals surface area (Å²) in [5.74, 6) is 0.401. The number of ether oxygens (including phenoxy) is 3. The van der Waals surface area contributed by atoms with Crippen LogP contribution in [0.2, 0.25) is 5.28 Å². The minimum atomic E-state index is 0.0990. The van der Waals surface area contributed by atoms with E-state index in [0.29, 0.717) is 38.9 Å². The average molecular weight is 291 g/mol. The second-order valence-corrected chi connectivity index (χ2v) is 3.89. The normalized spacial score (nSPS) is 10.5. The fraction of sp³-hybridized carbons (Fsp3) is 0.727. The van der Waals surface area contributed by atoms with E-state index < -0.39 is 0 Å². The molecule has 8 heteroatoms. The van der Waals surface area contributed by atoms with Gasteiger partial charge in [-0.05, 0) is 24.9 Å². The molecule has 0 aromatic carbocycles. The maximum absolute atomic E-state index is 5.76. The highest BCUT2D eigenvalue weighted by Crippen LogP contribution is 2.10. The van der Waals surface area contributed by atoms with Crippen molar-refractivity contribution < 1.29 is 14.2 Å². The van der Waals surface area contributed by atoms with E-state index in [1.165, 1.54) is 0 Å². The van der Waals surface area contributed by atoms with Gasteiger partial charge in [-0.1, -0.05) is 0 Å². The highest BCUT2D eigenvalue weighted by atomic mass is 35.5. The van der Waals surface area contributed by atoms with Crippen LogP contribution in [0.4, 0.5) is 5.95 Å². The molecule has 0 saturated carbocycles. The first-order chi connectivity index (χ1) is 9.26. The lowest BCUT2D eigenvalue weighted by atomic mass is 10.5. The molecule has 1 rings (SSSR count). The van der Waals surface area contributed by atoms with Crippen LogP contribution in [-0.2, 0) is 9.47 Å². The Morgan fingerprint density at radius 1 is 1.11 bits per heavy atom. The zero-order valence-corrected chi connectivity index (χ0v) is 11.9. The molecule has 0 atom stereocenters. The van der Waals surface area contributed by atoms with Crippen LogP contribution in [0.3, 0.4) is 0 Å². The summed E-state index contributed by atoms with van der Waals surface area (Å²) in [6.45, 7) is 4.78. The van der Waals surface area contributed by atoms with Crippen molar-refractivity contribution >= 4 is 17.5 Å². The maximum atomic E-state index is 5.76. The summed E-state index contributed by atoms with van der Waals surface area (Å²) in [4.78, 5) is 11.8. The molecule has 0 bridgehead atoms. The molecule has 0 radical (unpaired) electrons. The van der Waals surface area contributed by atoms with E-state index in [4.69, 9.17) is 25.8 Å². The summed E-state index contributed by atoms with van der Waals surface area (Å²) in [6, 6.07) is 0.191. The van der Waals surface area contributed by atoms with Gasteiger partial charge in [0.1, 0.15) is 6.61 Å². The van der Waals surface area contributed by atoms with Gasteiger partial charge < -0.3 is 19.5 Å². The predicted octanol–water partition coefficient (Wildman–Crippen LogP) is 1.39. The zero-order chi connectivity index (χ0) is 13.9. The van der Waals surface area contributed by atoms with Crippen molar-refractivity contribution in [3.05, 3.63) is 5.28 Å². The smallest absolute Gasteiger partial charge is 0.322 e. The maximum Gasteiger partial charge on any atom is 0.322 e. The van der Waals surface area contributed by atoms with Gasteiger partial charge in [-0.25, -0.2) is 0 Å². The number of nitrogens with zero attached hydrogens (tertiary/aromatic N) is 3. The van der Waals surface area contributed by atoms with Gasteiger partial charge in [0.05, 0.1) is 6.61 Å². The van der Waals surface area contributed by atoms with Crippen LogP contribution in [0.15, 0.2) is 0 Å². The summed E-state index contributed by atoms with van der Waals surface area (Å²) < 4.78 is 15.6. The van der Waals surface area contributed by atoms with Crippen LogP contribution < -0.4 is 10.1 Å². The van der Waals surface area contributed by atoms with Crippen molar-refractivity contribution in [1.29, 1.82) is 0 Å². The molecule has 0 aliphatic rings. The predicted molar refractivity (Wildman–Crippen MR) is 71.8 cm³/mol. The lowest BCUT2D eigenvalue weighted by Gasteiger charge is -2.07. The van der Waals surface area contributed by atoms with Crippen LogP contribution in [0.1, 0.15) is 13.3 Å². The van der Waals surface area contributed by atoms with Gasteiger partial charge >= 0.3 is 6.01 Å². The Balaban J connectivity index is 2.25. The molecule has 0 spiro atoms. The first-order valence-electron chi connectivity index (χ1n) is 6.11. The Morgan fingerprint density at radius 3 is 2.68 bits per heavy atom. The number of halogens is 1. The lowest BCUT2D eigenvalue weighted by Crippen LogP contribution is -2.11. The summed E-state index contributed by atoms with van der Waals surface area (Å²) in [6.07, 6.45) is 0.860. The molecule has 0 aliphatic heterocycles. The Hall–Kier alpha value is -1.18. The molecule has 0 saturated heterocycles. The van der Waals surface area contributed by atoms with Gasteiger partial charge in [0.15, 0.2) is 0 Å². The molecule has 19 heavy (non-hydrogen) atoms. The molecule has 1 N–H and O–H groups in total. The van der Waals surface area contributed by atoms with Gasteiger partial charge in [-0.2, -0.15) is 15.0 Å². The summed E-state index contributed by atoms with van der Waals surface area (Å²) in [5.41, 5.74) is 0. The fourth-order valence-corrected chi connectivity index (χ4v) is 1.39. The first kappa shape index (κ1) is 15.9. The van der Waals surface area contributed by atoms with Crippen LogP contribution in [0.5, 0.6) is 6.01 Å². The molecule has 0 amide bonds. The van der Waals surface area contributed by atoms with Crippen molar-refractivity contribution in [2.24, 2.45) is 0 Å². The monoisotopic (exact) mass is 290 g/mol. The SMILES string of the molecule is CCNc1nc(Cl)nc(OCCOCCCOC)n1. The van der Waals surface area contributed by atoms with Crippen molar-refractivity contribution in [2.75, 3.05) is 45.4 Å². The minimum Gasteiger partial charge on any atom is -0.461 e. The topological polar surface area (TPSA) is 78.4 Å². The van der Waals surface area contributed by atoms with E-state index in [1.807, 2.05) is 6.92 Å². The molecule has 0 unspecified atom stereocenters. The number of hydrogen-bond donors (Lipinski definition) is 1. The Labute approximate surface area is 117 Å². The number of rotatable bonds is 10.